The van der Waals surface area contributed by atoms with E-state index in [2.05, 4.69) is 0 Å². The van der Waals surface area contributed by atoms with Gasteiger partial charge in [0.05, 0.1) is 6.10 Å². The maximum Gasteiger partial charge on any atom is 0.144 e. The molecule has 1 N–H and O–H groups in total. The minimum absolute atomic E-state index is 0.0206. The van der Waals surface area contributed by atoms with Crippen molar-refractivity contribution in [1.82, 2.24) is 0 Å². The predicted octanol–water partition coefficient (Wildman–Crippen LogP) is 1.27. The van der Waals surface area contributed by atoms with E-state index in [9.17, 15) is 4.79 Å². The van der Waals surface area contributed by atoms with Gasteiger partial charge in [-0.3, -0.25) is 0 Å². The lowest BCUT2D eigenvalue weighted by Crippen LogP contribution is -2.15. The predicted molar refractivity (Wildman–Crippen MR) is 49.1 cm³/mol. The fourth-order valence-electron chi connectivity index (χ4n) is 1.55. The maximum absolute atomic E-state index is 10.6. The normalized spacial score (nSPS) is 31.8. The zero-order valence-corrected chi connectivity index (χ0v) is 7.69. The Balaban J connectivity index is 2.41. The second-order valence-electron chi connectivity index (χ2n) is 3.31. The summed E-state index contributed by atoms with van der Waals surface area (Å²) in [5.41, 5.74) is 0. The number of allylic oxidation sites excluding steroid dienone is 1. The van der Waals surface area contributed by atoms with Crippen LogP contribution in [0.1, 0.15) is 25.7 Å². The molecular weight excluding hydrogens is 168 g/mol. The summed E-state index contributed by atoms with van der Waals surface area (Å²) >= 11 is 0. The number of rotatable bonds is 3. The van der Waals surface area contributed by atoms with Crippen molar-refractivity contribution in [3.8, 4) is 0 Å². The number of aldehydes is 1. The Bertz CT molecular complexity index is 177. The molecule has 0 saturated heterocycles. The van der Waals surface area contributed by atoms with Crippen molar-refractivity contribution in [2.45, 2.75) is 31.8 Å². The monoisotopic (exact) mass is 184 g/mol. The molecule has 2 unspecified atom stereocenters. The Morgan fingerprint density at radius 2 is 2.31 bits per heavy atom. The first-order valence-corrected chi connectivity index (χ1v) is 4.71. The van der Waals surface area contributed by atoms with Crippen LogP contribution in [-0.2, 0) is 9.53 Å². The zero-order valence-electron chi connectivity index (χ0n) is 7.69. The molecule has 1 rings (SSSR count). The molecule has 2 atom stereocenters. The van der Waals surface area contributed by atoms with Gasteiger partial charge in [-0.1, -0.05) is 12.2 Å². The number of carbonyl (C=O) groups excluding carboxylic acids is 1. The van der Waals surface area contributed by atoms with E-state index < -0.39 is 0 Å². The van der Waals surface area contributed by atoms with Crippen molar-refractivity contribution in [2.24, 2.45) is 5.92 Å². The van der Waals surface area contributed by atoms with Gasteiger partial charge in [-0.2, -0.15) is 0 Å². The molecule has 0 aromatic heterocycles. The highest BCUT2D eigenvalue weighted by molar-refractivity contribution is 5.53. The van der Waals surface area contributed by atoms with Crippen molar-refractivity contribution in [3.63, 3.8) is 0 Å². The van der Waals surface area contributed by atoms with E-state index in [1.54, 1.807) is 0 Å². The standard InChI is InChI=1S/C10H16O3/c11-7-9-3-1-2-4-10(6-5-9)13-8-12/h2,4,7,9-10,12H,1,3,5-6,8H2/b4-2+. The van der Waals surface area contributed by atoms with E-state index in [0.29, 0.717) is 0 Å². The molecule has 0 aromatic carbocycles. The Morgan fingerprint density at radius 3 is 3.00 bits per heavy atom. The van der Waals surface area contributed by atoms with Crippen molar-refractivity contribution < 1.29 is 14.6 Å². The van der Waals surface area contributed by atoms with Crippen LogP contribution >= 0.6 is 0 Å². The summed E-state index contributed by atoms with van der Waals surface area (Å²) in [6.45, 7) is -0.249. The van der Waals surface area contributed by atoms with Crippen LogP contribution in [0.25, 0.3) is 0 Å². The highest BCUT2D eigenvalue weighted by Crippen LogP contribution is 2.18. The topological polar surface area (TPSA) is 46.5 Å². The maximum atomic E-state index is 10.6. The molecule has 0 bridgehead atoms. The fourth-order valence-corrected chi connectivity index (χ4v) is 1.55. The van der Waals surface area contributed by atoms with Gasteiger partial charge in [-0.25, -0.2) is 0 Å². The second kappa shape index (κ2) is 5.89. The van der Waals surface area contributed by atoms with Crippen LogP contribution in [0.5, 0.6) is 0 Å². The minimum Gasteiger partial charge on any atom is -0.371 e. The lowest BCUT2D eigenvalue weighted by atomic mass is 9.94. The van der Waals surface area contributed by atoms with Gasteiger partial charge >= 0.3 is 0 Å². The smallest absolute Gasteiger partial charge is 0.144 e. The minimum atomic E-state index is -0.249. The third kappa shape index (κ3) is 3.70. The Labute approximate surface area is 78.4 Å². The molecule has 0 saturated carbocycles. The molecule has 1 aliphatic carbocycles. The zero-order chi connectivity index (χ0) is 9.52. The largest absolute Gasteiger partial charge is 0.371 e. The number of hydrogen-bond donors (Lipinski definition) is 1. The van der Waals surface area contributed by atoms with Gasteiger partial charge in [-0.15, -0.1) is 0 Å². The van der Waals surface area contributed by atoms with Gasteiger partial charge in [0.2, 0.25) is 0 Å². The van der Waals surface area contributed by atoms with E-state index in [4.69, 9.17) is 9.84 Å². The van der Waals surface area contributed by atoms with E-state index in [1.807, 2.05) is 12.2 Å². The molecule has 0 heterocycles. The summed E-state index contributed by atoms with van der Waals surface area (Å²) in [5.74, 6) is 0.162. The van der Waals surface area contributed by atoms with E-state index >= 15 is 0 Å². The first-order valence-electron chi connectivity index (χ1n) is 4.71. The molecule has 3 heteroatoms. The van der Waals surface area contributed by atoms with Crippen LogP contribution in [0.4, 0.5) is 0 Å². The van der Waals surface area contributed by atoms with Gasteiger partial charge in [0.1, 0.15) is 13.1 Å². The molecule has 3 nitrogen and oxygen atoms in total. The lowest BCUT2D eigenvalue weighted by Gasteiger charge is -2.17. The van der Waals surface area contributed by atoms with Crippen molar-refractivity contribution in [1.29, 1.82) is 0 Å². The van der Waals surface area contributed by atoms with E-state index in [-0.39, 0.29) is 18.8 Å². The van der Waals surface area contributed by atoms with E-state index in [1.165, 1.54) is 0 Å². The lowest BCUT2D eigenvalue weighted by molar-refractivity contribution is -0.111. The Hall–Kier alpha value is -0.670. The third-order valence-electron chi connectivity index (χ3n) is 2.36. The SMILES string of the molecule is O=CC1CC/C=C/C(OCO)CC1. The first kappa shape index (κ1) is 10.4. The van der Waals surface area contributed by atoms with Gasteiger partial charge in [0.15, 0.2) is 0 Å². The van der Waals surface area contributed by atoms with Crippen LogP contribution in [0.2, 0.25) is 0 Å². The average molecular weight is 184 g/mol. The first-order chi connectivity index (χ1) is 6.36. The Kier molecular flexibility index (Phi) is 4.72. The molecule has 0 aliphatic heterocycles. The van der Waals surface area contributed by atoms with Crippen LogP contribution in [0.15, 0.2) is 12.2 Å². The number of hydrogen-bond acceptors (Lipinski definition) is 3. The molecule has 0 spiro atoms. The van der Waals surface area contributed by atoms with E-state index in [0.717, 1.165) is 32.0 Å². The number of carbonyl (C=O) groups is 1. The van der Waals surface area contributed by atoms with Crippen molar-refractivity contribution in [2.75, 3.05) is 6.79 Å². The number of aliphatic hydroxyl groups excluding tert-OH is 1. The molecule has 1 aliphatic rings. The summed E-state index contributed by atoms with van der Waals surface area (Å²) in [6, 6.07) is 0. The highest BCUT2D eigenvalue weighted by atomic mass is 16.6. The average Bonchev–Trinajstić information content (AvgIpc) is 2.11. The summed E-state index contributed by atoms with van der Waals surface area (Å²) in [5, 5.41) is 8.58. The number of aliphatic hydroxyl groups is 1. The highest BCUT2D eigenvalue weighted by Gasteiger charge is 2.13. The van der Waals surface area contributed by atoms with Crippen LogP contribution in [-0.4, -0.2) is 24.3 Å². The molecule has 13 heavy (non-hydrogen) atoms. The summed E-state index contributed by atoms with van der Waals surface area (Å²) in [6.07, 6.45) is 8.54. The van der Waals surface area contributed by atoms with Gasteiger partial charge in [-0.05, 0) is 25.7 Å². The van der Waals surface area contributed by atoms with Gasteiger partial charge in [0, 0.05) is 5.92 Å². The van der Waals surface area contributed by atoms with Crippen molar-refractivity contribution in [3.05, 3.63) is 12.2 Å². The molecular formula is C10H16O3. The molecule has 0 aromatic rings. The summed E-state index contributed by atoms with van der Waals surface area (Å²) < 4.78 is 5.06. The van der Waals surface area contributed by atoms with Crippen LogP contribution in [0.3, 0.4) is 0 Å². The molecule has 0 fully saturated rings. The number of ether oxygens (including phenoxy) is 1. The summed E-state index contributed by atoms with van der Waals surface area (Å²) in [4.78, 5) is 10.6. The molecule has 0 amide bonds. The summed E-state index contributed by atoms with van der Waals surface area (Å²) in [7, 11) is 0. The molecule has 74 valence electrons. The third-order valence-corrected chi connectivity index (χ3v) is 2.36. The van der Waals surface area contributed by atoms with Gasteiger partial charge < -0.3 is 14.6 Å². The van der Waals surface area contributed by atoms with Crippen LogP contribution < -0.4 is 0 Å². The van der Waals surface area contributed by atoms with Crippen LogP contribution in [0, 0.1) is 5.92 Å². The fraction of sp³-hybridized carbons (Fsp3) is 0.700. The quantitative estimate of drug-likeness (QED) is 0.408. The van der Waals surface area contributed by atoms with Crippen molar-refractivity contribution >= 4 is 6.29 Å². The van der Waals surface area contributed by atoms with Gasteiger partial charge in [0.25, 0.3) is 0 Å². The second-order valence-corrected chi connectivity index (χ2v) is 3.31. The molecule has 0 radical (unpaired) electrons. The Morgan fingerprint density at radius 1 is 1.46 bits per heavy atom.